The van der Waals surface area contributed by atoms with E-state index in [0.29, 0.717) is 17.8 Å². The van der Waals surface area contributed by atoms with Crippen LogP contribution < -0.4 is 10.6 Å². The predicted molar refractivity (Wildman–Crippen MR) is 116 cm³/mol. The number of hydrogen-bond donors (Lipinski definition) is 2. The number of nitrogens with one attached hydrogen (secondary N) is 2. The molecule has 2 fully saturated rings. The molecule has 4 unspecified atom stereocenters. The van der Waals surface area contributed by atoms with Gasteiger partial charge in [0, 0.05) is 34.4 Å². The van der Waals surface area contributed by atoms with Crippen molar-refractivity contribution in [1.82, 2.24) is 15.5 Å². The van der Waals surface area contributed by atoms with Crippen molar-refractivity contribution in [3.05, 3.63) is 24.2 Å². The zero-order chi connectivity index (χ0) is 19.8. The highest BCUT2D eigenvalue weighted by molar-refractivity contribution is 7.85. The minimum absolute atomic E-state index is 0.194. The highest BCUT2D eigenvalue weighted by Crippen LogP contribution is 2.26. The van der Waals surface area contributed by atoms with Crippen molar-refractivity contribution in [1.29, 1.82) is 0 Å². The summed E-state index contributed by atoms with van der Waals surface area (Å²) in [6.45, 7) is 7.84. The Morgan fingerprint density at radius 1 is 1.32 bits per heavy atom. The topological polar surface area (TPSA) is 69.9 Å². The third kappa shape index (κ3) is 5.83. The first-order valence-corrected chi connectivity index (χ1v) is 12.3. The summed E-state index contributed by atoms with van der Waals surface area (Å²) >= 11 is 0. The first-order chi connectivity index (χ1) is 13.7. The molecule has 4 atom stereocenters. The van der Waals surface area contributed by atoms with Gasteiger partial charge in [0.05, 0.1) is 18.8 Å². The van der Waals surface area contributed by atoms with Gasteiger partial charge < -0.3 is 15.1 Å². The van der Waals surface area contributed by atoms with E-state index in [0.717, 1.165) is 62.8 Å². The number of hydrogen-bond acceptors (Lipinski definition) is 4. The van der Waals surface area contributed by atoms with Crippen LogP contribution in [0.3, 0.4) is 0 Å². The number of nitrogens with zero attached hydrogens (tertiary/aromatic N) is 2. The molecular weight excluding hydrogens is 372 g/mol. The maximum Gasteiger partial charge on any atom is 0.191 e. The third-order valence-corrected chi connectivity index (χ3v) is 7.58. The second-order valence-electron chi connectivity index (χ2n) is 7.79. The van der Waals surface area contributed by atoms with E-state index in [4.69, 9.17) is 9.41 Å². The van der Waals surface area contributed by atoms with Gasteiger partial charge in [0.25, 0.3) is 0 Å². The van der Waals surface area contributed by atoms with Crippen molar-refractivity contribution < 1.29 is 8.63 Å². The Morgan fingerprint density at radius 3 is 2.82 bits per heavy atom. The van der Waals surface area contributed by atoms with Gasteiger partial charge in [0.15, 0.2) is 5.96 Å². The van der Waals surface area contributed by atoms with Crippen molar-refractivity contribution >= 4 is 16.8 Å². The molecular formula is C21H36N4O2S. The quantitative estimate of drug-likeness (QED) is 0.511. The van der Waals surface area contributed by atoms with E-state index < -0.39 is 10.8 Å². The normalized spacial score (nSPS) is 26.1. The Bertz CT molecular complexity index is 628. The maximum atomic E-state index is 12.2. The van der Waals surface area contributed by atoms with Gasteiger partial charge in [-0.3, -0.25) is 14.1 Å². The predicted octanol–water partition coefficient (Wildman–Crippen LogP) is 3.05. The van der Waals surface area contributed by atoms with Crippen LogP contribution in [-0.4, -0.2) is 58.3 Å². The van der Waals surface area contributed by atoms with Crippen LogP contribution in [0.4, 0.5) is 0 Å². The molecule has 1 aromatic rings. The van der Waals surface area contributed by atoms with E-state index in [-0.39, 0.29) is 6.04 Å². The SMILES string of the molecule is CCNC(=NCC(c1ccco1)N1CCCC1)NC1CCCC(S(=O)CC)C1. The molecule has 0 amide bonds. The van der Waals surface area contributed by atoms with Gasteiger partial charge in [-0.1, -0.05) is 13.3 Å². The lowest BCUT2D eigenvalue weighted by Gasteiger charge is -2.30. The Hall–Kier alpha value is -1.34. The summed E-state index contributed by atoms with van der Waals surface area (Å²) in [7, 11) is -0.705. The smallest absolute Gasteiger partial charge is 0.191 e. The number of furan rings is 1. The molecule has 0 aromatic carbocycles. The molecule has 158 valence electrons. The van der Waals surface area contributed by atoms with Crippen molar-refractivity contribution in [3.63, 3.8) is 0 Å². The standard InChI is InChI=1S/C21H36N4O2S/c1-3-22-21(24-17-9-7-10-18(15-17)28(26)4-2)23-16-19(20-11-8-14-27-20)25-12-5-6-13-25/h8,11,14,17-19H,3-7,9-10,12-13,15-16H2,1-2H3,(H2,22,23,24). The lowest BCUT2D eigenvalue weighted by Crippen LogP contribution is -2.47. The minimum Gasteiger partial charge on any atom is -0.468 e. The second-order valence-corrected chi connectivity index (χ2v) is 9.80. The van der Waals surface area contributed by atoms with E-state index in [1.807, 2.05) is 13.0 Å². The largest absolute Gasteiger partial charge is 0.468 e. The molecule has 0 spiro atoms. The summed E-state index contributed by atoms with van der Waals surface area (Å²) in [4.78, 5) is 7.39. The van der Waals surface area contributed by atoms with Gasteiger partial charge >= 0.3 is 0 Å². The molecule has 28 heavy (non-hydrogen) atoms. The zero-order valence-corrected chi connectivity index (χ0v) is 18.2. The van der Waals surface area contributed by atoms with Crippen LogP contribution in [0.25, 0.3) is 0 Å². The van der Waals surface area contributed by atoms with E-state index >= 15 is 0 Å². The fraction of sp³-hybridized carbons (Fsp3) is 0.762. The molecule has 1 saturated carbocycles. The Morgan fingerprint density at radius 2 is 2.14 bits per heavy atom. The highest BCUT2D eigenvalue weighted by atomic mass is 32.2. The molecule has 6 nitrogen and oxygen atoms in total. The van der Waals surface area contributed by atoms with Gasteiger partial charge in [-0.2, -0.15) is 0 Å². The summed E-state index contributed by atoms with van der Waals surface area (Å²) in [5.41, 5.74) is 0. The van der Waals surface area contributed by atoms with Crippen molar-refractivity contribution in [2.24, 2.45) is 4.99 Å². The molecule has 1 aromatic heterocycles. The average molecular weight is 409 g/mol. The first-order valence-electron chi connectivity index (χ1n) is 10.9. The fourth-order valence-electron chi connectivity index (χ4n) is 4.36. The number of aliphatic imine (C=N–C) groups is 1. The Labute approximate surface area is 172 Å². The number of likely N-dealkylation sites (tertiary alicyclic amines) is 1. The summed E-state index contributed by atoms with van der Waals surface area (Å²) in [5, 5.41) is 7.32. The van der Waals surface area contributed by atoms with E-state index in [1.165, 1.54) is 12.8 Å². The van der Waals surface area contributed by atoms with E-state index in [2.05, 4.69) is 28.5 Å². The van der Waals surface area contributed by atoms with Crippen molar-refractivity contribution in [3.8, 4) is 0 Å². The average Bonchev–Trinajstić information content (AvgIpc) is 3.42. The van der Waals surface area contributed by atoms with Crippen LogP contribution in [0.15, 0.2) is 27.8 Å². The highest BCUT2D eigenvalue weighted by Gasteiger charge is 2.27. The fourth-order valence-corrected chi connectivity index (χ4v) is 5.71. The molecule has 0 bridgehead atoms. The molecule has 2 N–H and O–H groups in total. The molecule has 7 heteroatoms. The molecule has 1 aliphatic heterocycles. The minimum atomic E-state index is -0.705. The summed E-state index contributed by atoms with van der Waals surface area (Å²) < 4.78 is 18.0. The van der Waals surface area contributed by atoms with Gasteiger partial charge in [0.2, 0.25) is 0 Å². The Balaban J connectivity index is 1.64. The van der Waals surface area contributed by atoms with Crippen molar-refractivity contribution in [2.75, 3.05) is 31.9 Å². The zero-order valence-electron chi connectivity index (χ0n) is 17.4. The molecule has 0 radical (unpaired) electrons. The molecule has 1 saturated heterocycles. The van der Waals surface area contributed by atoms with Gasteiger partial charge in [-0.05, 0) is 64.3 Å². The van der Waals surface area contributed by atoms with Gasteiger partial charge in [-0.15, -0.1) is 0 Å². The monoisotopic (exact) mass is 408 g/mol. The van der Waals surface area contributed by atoms with Crippen LogP contribution in [0.1, 0.15) is 64.2 Å². The van der Waals surface area contributed by atoms with Crippen LogP contribution in [-0.2, 0) is 10.8 Å². The van der Waals surface area contributed by atoms with Gasteiger partial charge in [-0.25, -0.2) is 0 Å². The number of rotatable bonds is 8. The lowest BCUT2D eigenvalue weighted by molar-refractivity contribution is 0.221. The first kappa shape index (κ1) is 21.4. The van der Waals surface area contributed by atoms with Crippen LogP contribution in [0.2, 0.25) is 0 Å². The second kappa shape index (κ2) is 11.0. The number of guanidine groups is 1. The van der Waals surface area contributed by atoms with Crippen molar-refractivity contribution in [2.45, 2.75) is 69.7 Å². The molecule has 2 heterocycles. The lowest BCUT2D eigenvalue weighted by atomic mass is 9.95. The van der Waals surface area contributed by atoms with Crippen LogP contribution in [0, 0.1) is 0 Å². The summed E-state index contributed by atoms with van der Waals surface area (Å²) in [6.07, 6.45) is 8.56. The van der Waals surface area contributed by atoms with Crippen LogP contribution >= 0.6 is 0 Å². The Kier molecular flexibility index (Phi) is 8.40. The third-order valence-electron chi connectivity index (χ3n) is 5.84. The maximum absolute atomic E-state index is 12.2. The van der Waals surface area contributed by atoms with E-state index in [9.17, 15) is 4.21 Å². The summed E-state index contributed by atoms with van der Waals surface area (Å²) in [6, 6.07) is 4.56. The summed E-state index contributed by atoms with van der Waals surface area (Å²) in [5.74, 6) is 2.62. The van der Waals surface area contributed by atoms with E-state index in [1.54, 1.807) is 6.26 Å². The molecule has 1 aliphatic carbocycles. The molecule has 3 rings (SSSR count). The molecule has 2 aliphatic rings. The van der Waals surface area contributed by atoms with Crippen LogP contribution in [0.5, 0.6) is 0 Å². The van der Waals surface area contributed by atoms with Gasteiger partial charge in [0.1, 0.15) is 5.76 Å².